The van der Waals surface area contributed by atoms with E-state index >= 15 is 0 Å². The number of carbonyl (C=O) groups excluding carboxylic acids is 3. The molecule has 9 aromatic carbocycles. The van der Waals surface area contributed by atoms with Crippen LogP contribution in [0.15, 0.2) is 273 Å². The standard InChI is InChI=1S/C18H21NO.2C11H15NO.2C11H18N.3C10H14.C6H16NO.3C5H14N.6ClH/c1-3-15(2)18(20)19(17-12-8-5-9-13-17)14-16-10-6-4-7-11-16;2*1-3-9(2)11(13)12-10-7-5-4-6-8-10;2*1-4-12(2,3)10-11-8-6-5-7-9-11;3*1-3-9(2)10-7-5-4-6-8-10;1-4-7(2,3)5-6-8;3*1-5-6(2,3)4;;;;;;/h4-13,15H,3,14H2,1-2H3;2*4-9H,3H2,1-2H3,(H,12,13);2*5-9H,4,10H2,1-3H3;3*4-9H,3H2,1-2H3;8H,4-6H2,1-3H3;3*5H2,1-4H3;6*1H/q;;;2*+1;;;;4*+1;;;;;;/p-6. The molecule has 6 atom stereocenters. The molecule has 9 rings (SSSR count). The minimum absolute atomic E-state index is 0. The fraction of sp³-hybridized carbons (Fsp3) is 0.496. The second-order valence-electron chi connectivity index (χ2n) is 37.9. The SMILES string of the molecule is CCC(C)C(=O)N(Cc1ccccc1)c1ccccc1.CCC(C)C(=O)Nc1ccccc1.CCC(C)C(=O)Nc1ccccc1.CCC(C)c1ccccc1.CCC(C)c1ccccc1.CCC(C)c1ccccc1.CC[N+](C)(C)C.CC[N+](C)(C)C.CC[N+](C)(C)C.CC[N+](C)(C)CCO.CC[N+](C)(C)Cc1ccccc1.CC[N+](C)(C)Cc1ccccc1.[Cl-].[Cl-].[Cl-].[Cl-].[Cl-].[Cl-]. The Hall–Kier alpha value is -7.15. The monoisotopic (exact) mass is 1940 g/mol. The summed E-state index contributed by atoms with van der Waals surface area (Å²) < 4.78 is 6.24. The van der Waals surface area contributed by atoms with Gasteiger partial charge in [0.05, 0.1) is 158 Å². The van der Waals surface area contributed by atoms with Crippen molar-refractivity contribution in [1.29, 1.82) is 0 Å². The summed E-state index contributed by atoms with van der Waals surface area (Å²) in [6, 6.07) is 92.3. The third kappa shape index (κ3) is 78.1. The highest BCUT2D eigenvalue weighted by molar-refractivity contribution is 5.95. The number of benzene rings is 9. The zero-order valence-corrected chi connectivity index (χ0v) is 93.1. The molecular weight excluding hydrogens is 1760 g/mol. The number of carbonyl (C=O) groups is 3. The summed E-state index contributed by atoms with van der Waals surface area (Å²) >= 11 is 0. The van der Waals surface area contributed by atoms with Gasteiger partial charge in [0, 0.05) is 45.9 Å². The predicted molar refractivity (Wildman–Crippen MR) is 554 cm³/mol. The number of rotatable bonds is 29. The molecule has 0 aliphatic heterocycles. The van der Waals surface area contributed by atoms with Crippen molar-refractivity contribution >= 4 is 34.8 Å². The third-order valence-electron chi connectivity index (χ3n) is 22.7. The van der Waals surface area contributed by atoms with Crippen LogP contribution in [0.3, 0.4) is 0 Å². The van der Waals surface area contributed by atoms with Gasteiger partial charge in [0.1, 0.15) is 19.6 Å². The molecule has 3 N–H and O–H groups in total. The molecule has 0 spiro atoms. The average Bonchev–Trinajstić information content (AvgIpc) is 0.841. The van der Waals surface area contributed by atoms with Crippen LogP contribution in [0.1, 0.15) is 214 Å². The Morgan fingerprint density at radius 3 is 0.689 bits per heavy atom. The normalized spacial score (nSPS) is 11.6. The molecule has 0 heterocycles. The highest BCUT2D eigenvalue weighted by Crippen LogP contribution is 2.23. The van der Waals surface area contributed by atoms with Crippen molar-refractivity contribution < 1.29 is 121 Å². The second kappa shape index (κ2) is 83.2. The fourth-order valence-corrected chi connectivity index (χ4v) is 9.92. The van der Waals surface area contributed by atoms with E-state index in [-0.39, 0.29) is 110 Å². The number of aliphatic hydroxyl groups is 1. The number of aliphatic hydroxyl groups excluding tert-OH is 1. The molecule has 0 saturated carbocycles. The molecule has 0 radical (unpaired) electrons. The first kappa shape index (κ1) is 143. The van der Waals surface area contributed by atoms with Gasteiger partial charge >= 0.3 is 0 Å². The van der Waals surface area contributed by atoms with Crippen molar-refractivity contribution in [3.8, 4) is 0 Å². The molecule has 19 heteroatoms. The van der Waals surface area contributed by atoms with Gasteiger partial charge in [-0.1, -0.05) is 320 Å². The summed E-state index contributed by atoms with van der Waals surface area (Å²) in [4.78, 5) is 37.3. The lowest BCUT2D eigenvalue weighted by Gasteiger charge is -2.28. The van der Waals surface area contributed by atoms with E-state index in [1.807, 2.05) is 156 Å². The topological polar surface area (TPSA) is 98.7 Å². The van der Waals surface area contributed by atoms with Crippen molar-refractivity contribution in [2.24, 2.45) is 17.8 Å². The molecule has 132 heavy (non-hydrogen) atoms. The van der Waals surface area contributed by atoms with Crippen molar-refractivity contribution in [1.82, 2.24) is 0 Å². The van der Waals surface area contributed by atoms with Gasteiger partial charge in [-0.15, -0.1) is 0 Å². The van der Waals surface area contributed by atoms with Crippen LogP contribution in [-0.4, -0.2) is 208 Å². The van der Waals surface area contributed by atoms with Gasteiger partial charge in [-0.05, 0) is 156 Å². The Morgan fingerprint density at radius 1 is 0.280 bits per heavy atom. The van der Waals surface area contributed by atoms with Gasteiger partial charge in [0.2, 0.25) is 17.7 Å². The second-order valence-corrected chi connectivity index (χ2v) is 37.9. The highest BCUT2D eigenvalue weighted by Gasteiger charge is 2.22. The van der Waals surface area contributed by atoms with Crippen LogP contribution in [0.2, 0.25) is 0 Å². The largest absolute Gasteiger partial charge is 1.00 e. The molecular formula is C113H187Cl6N9O4. The van der Waals surface area contributed by atoms with Crippen LogP contribution in [0.5, 0.6) is 0 Å². The summed E-state index contributed by atoms with van der Waals surface area (Å²) in [5, 5.41) is 14.2. The Morgan fingerprint density at radius 2 is 0.492 bits per heavy atom. The first-order chi connectivity index (χ1) is 59.3. The summed E-state index contributed by atoms with van der Waals surface area (Å²) in [5.74, 6) is 2.70. The van der Waals surface area contributed by atoms with Crippen LogP contribution in [0.4, 0.5) is 17.1 Å². The van der Waals surface area contributed by atoms with Crippen LogP contribution in [0, 0.1) is 17.8 Å². The number of nitrogens with one attached hydrogen (secondary N) is 2. The van der Waals surface area contributed by atoms with E-state index in [1.54, 1.807) is 0 Å². The first-order valence-corrected chi connectivity index (χ1v) is 47.1. The number of para-hydroxylation sites is 3. The van der Waals surface area contributed by atoms with Crippen molar-refractivity contribution in [3.63, 3.8) is 0 Å². The molecule has 3 amide bonds. The van der Waals surface area contributed by atoms with Gasteiger partial charge in [-0.25, -0.2) is 0 Å². The van der Waals surface area contributed by atoms with Gasteiger partial charge in [-0.3, -0.25) is 14.4 Å². The van der Waals surface area contributed by atoms with Gasteiger partial charge in [0.15, 0.2) is 0 Å². The summed E-state index contributed by atoms with van der Waals surface area (Å²) in [6.07, 6.45) is 6.28. The first-order valence-electron chi connectivity index (χ1n) is 47.1. The molecule has 13 nitrogen and oxygen atoms in total. The van der Waals surface area contributed by atoms with E-state index in [0.717, 1.165) is 95.0 Å². The Bertz CT molecular complexity index is 3770. The number of halogens is 6. The maximum absolute atomic E-state index is 12.6. The number of amides is 3. The Labute approximate surface area is 847 Å². The van der Waals surface area contributed by atoms with Gasteiger partial charge in [-0.2, -0.15) is 0 Å². The average molecular weight is 1950 g/mol. The molecule has 9 aromatic rings. The number of quaternary nitrogens is 6. The highest BCUT2D eigenvalue weighted by atomic mass is 35.5. The molecule has 0 bridgehead atoms. The third-order valence-corrected chi connectivity index (χ3v) is 22.7. The van der Waals surface area contributed by atoms with Crippen LogP contribution < -0.4 is 90.0 Å². The maximum atomic E-state index is 12.6. The lowest BCUT2D eigenvalue weighted by Crippen LogP contribution is -3.00. The molecule has 0 aliphatic carbocycles. The maximum Gasteiger partial charge on any atom is 0.230 e. The minimum atomic E-state index is 0. The zero-order chi connectivity index (χ0) is 96.2. The van der Waals surface area contributed by atoms with E-state index in [2.05, 4.69) is 363 Å². The minimum Gasteiger partial charge on any atom is -1.00 e. The zero-order valence-electron chi connectivity index (χ0n) is 88.5. The molecule has 0 aromatic heterocycles. The summed E-state index contributed by atoms with van der Waals surface area (Å²) in [5.41, 5.74) is 11.0. The molecule has 0 fully saturated rings. The Balaban J connectivity index is -0.000000181. The summed E-state index contributed by atoms with van der Waals surface area (Å²) in [6.45, 7) is 49.5. The van der Waals surface area contributed by atoms with E-state index in [0.29, 0.717) is 30.9 Å². The smallest absolute Gasteiger partial charge is 0.230 e. The lowest BCUT2D eigenvalue weighted by atomic mass is 9.99. The van der Waals surface area contributed by atoms with Crippen LogP contribution in [0.25, 0.3) is 0 Å². The van der Waals surface area contributed by atoms with Crippen molar-refractivity contribution in [3.05, 3.63) is 306 Å². The Kier molecular flexibility index (Phi) is 90.0. The van der Waals surface area contributed by atoms with Crippen molar-refractivity contribution in [2.45, 2.75) is 201 Å². The van der Waals surface area contributed by atoms with Crippen LogP contribution >= 0.6 is 0 Å². The van der Waals surface area contributed by atoms with E-state index < -0.39 is 0 Å². The number of hydrogen-bond donors (Lipinski definition) is 3. The van der Waals surface area contributed by atoms with Gasteiger partial charge in [0.25, 0.3) is 0 Å². The van der Waals surface area contributed by atoms with Crippen LogP contribution in [-0.2, 0) is 34.0 Å². The molecule has 0 aliphatic rings. The number of hydrogen-bond acceptors (Lipinski definition) is 4. The molecule has 6 unspecified atom stereocenters. The quantitative estimate of drug-likeness (QED) is 0.0415. The number of likely N-dealkylation sites (N-methyl/N-ethyl adjacent to an activating group) is 1. The number of nitrogens with zero attached hydrogens (tertiary/aromatic N) is 7. The van der Waals surface area contributed by atoms with Crippen molar-refractivity contribution in [2.75, 3.05) is 174 Å². The van der Waals surface area contributed by atoms with E-state index in [9.17, 15) is 14.4 Å². The molecule has 0 saturated heterocycles. The fourth-order valence-electron chi connectivity index (χ4n) is 9.92. The predicted octanol–water partition coefficient (Wildman–Crippen LogP) is 8.01. The lowest BCUT2D eigenvalue weighted by molar-refractivity contribution is -0.901. The van der Waals surface area contributed by atoms with E-state index in [1.165, 1.54) is 79.8 Å². The van der Waals surface area contributed by atoms with Gasteiger partial charge < -0.3 is 122 Å². The number of anilines is 3. The molecule has 750 valence electrons. The summed E-state index contributed by atoms with van der Waals surface area (Å²) in [7, 11) is 32.9. The van der Waals surface area contributed by atoms with E-state index in [4.69, 9.17) is 5.11 Å².